The summed E-state index contributed by atoms with van der Waals surface area (Å²) in [6.07, 6.45) is 2.05. The highest BCUT2D eigenvalue weighted by molar-refractivity contribution is 9.10. The molecule has 1 aliphatic carbocycles. The van der Waals surface area contributed by atoms with Crippen LogP contribution in [0, 0.1) is 0 Å². The average molecular weight is 338 g/mol. The molecule has 108 valence electrons. The molecule has 0 radical (unpaired) electrons. The molecule has 0 spiro atoms. The van der Waals surface area contributed by atoms with Gasteiger partial charge in [-0.25, -0.2) is 0 Å². The quantitative estimate of drug-likeness (QED) is 0.829. The third-order valence-corrected chi connectivity index (χ3v) is 4.90. The largest absolute Gasteiger partial charge is 0.375 e. The number of morpholine rings is 1. The van der Waals surface area contributed by atoms with Gasteiger partial charge in [-0.1, -0.05) is 28.1 Å². The van der Waals surface area contributed by atoms with Crippen molar-refractivity contribution in [2.24, 2.45) is 0 Å². The molecule has 1 aliphatic heterocycles. The Bertz CT molecular complexity index is 527. The molecule has 0 bridgehead atoms. The van der Waals surface area contributed by atoms with Gasteiger partial charge in [0.05, 0.1) is 24.2 Å². The Kier molecular flexibility index (Phi) is 3.63. The van der Waals surface area contributed by atoms with E-state index in [1.807, 2.05) is 24.0 Å². The Morgan fingerprint density at radius 2 is 2.15 bits per heavy atom. The molecule has 1 saturated heterocycles. The van der Waals surface area contributed by atoms with Crippen LogP contribution in [0.25, 0.3) is 0 Å². The highest BCUT2D eigenvalue weighted by Gasteiger charge is 2.54. The number of amides is 1. The lowest BCUT2D eigenvalue weighted by Gasteiger charge is -2.39. The number of hydrogen-bond donors (Lipinski definition) is 0. The van der Waals surface area contributed by atoms with E-state index >= 15 is 0 Å². The van der Waals surface area contributed by atoms with E-state index in [0.717, 1.165) is 22.9 Å². The third-order valence-electron chi connectivity index (χ3n) is 4.41. The average Bonchev–Trinajstić information content (AvgIpc) is 3.22. The van der Waals surface area contributed by atoms with Crippen molar-refractivity contribution in [3.63, 3.8) is 0 Å². The van der Waals surface area contributed by atoms with Crippen molar-refractivity contribution in [3.05, 3.63) is 34.3 Å². The zero-order chi connectivity index (χ0) is 14.3. The molecule has 3 rings (SSSR count). The van der Waals surface area contributed by atoms with Gasteiger partial charge in [-0.15, -0.1) is 0 Å². The molecule has 1 amide bonds. The lowest BCUT2D eigenvalue weighted by atomic mass is 9.93. The monoisotopic (exact) mass is 337 g/mol. The normalized spacial score (nSPS) is 28.2. The van der Waals surface area contributed by atoms with Gasteiger partial charge in [0, 0.05) is 11.0 Å². The maximum atomic E-state index is 13.0. The second-order valence-electron chi connectivity index (χ2n) is 6.04. The van der Waals surface area contributed by atoms with Crippen molar-refractivity contribution < 1.29 is 9.53 Å². The number of benzene rings is 1. The summed E-state index contributed by atoms with van der Waals surface area (Å²) < 4.78 is 6.67. The molecule has 1 aromatic rings. The van der Waals surface area contributed by atoms with E-state index in [1.165, 1.54) is 0 Å². The van der Waals surface area contributed by atoms with Crippen molar-refractivity contribution in [1.82, 2.24) is 4.90 Å². The number of hydrogen-bond acceptors (Lipinski definition) is 2. The van der Waals surface area contributed by atoms with Crippen molar-refractivity contribution >= 4 is 21.8 Å². The molecule has 2 aliphatic rings. The first-order chi connectivity index (χ1) is 9.53. The molecule has 0 N–H and O–H groups in total. The van der Waals surface area contributed by atoms with Crippen molar-refractivity contribution in [1.29, 1.82) is 0 Å². The molecule has 1 heterocycles. The minimum absolute atomic E-state index is 0.133. The Morgan fingerprint density at radius 3 is 2.80 bits per heavy atom. The summed E-state index contributed by atoms with van der Waals surface area (Å²) >= 11 is 3.50. The van der Waals surface area contributed by atoms with E-state index in [2.05, 4.69) is 35.0 Å². The summed E-state index contributed by atoms with van der Waals surface area (Å²) in [6.45, 7) is 5.45. The second-order valence-corrected chi connectivity index (χ2v) is 6.96. The van der Waals surface area contributed by atoms with Crippen molar-refractivity contribution in [3.8, 4) is 0 Å². The molecule has 2 fully saturated rings. The number of ether oxygens (including phenoxy) is 1. The molecule has 1 aromatic carbocycles. The minimum Gasteiger partial charge on any atom is -0.375 e. The van der Waals surface area contributed by atoms with Gasteiger partial charge >= 0.3 is 0 Å². The number of rotatable bonds is 2. The number of carbonyl (C=O) groups is 1. The predicted octanol–water partition coefficient (Wildman–Crippen LogP) is 3.12. The van der Waals surface area contributed by atoms with Crippen LogP contribution in [-0.2, 0) is 14.9 Å². The van der Waals surface area contributed by atoms with Gasteiger partial charge in [0.25, 0.3) is 0 Å². The maximum Gasteiger partial charge on any atom is 0.233 e. The van der Waals surface area contributed by atoms with Crippen LogP contribution in [0.2, 0.25) is 0 Å². The Balaban J connectivity index is 1.86. The fourth-order valence-corrected chi connectivity index (χ4v) is 3.40. The summed E-state index contributed by atoms with van der Waals surface area (Å²) in [5, 5.41) is 0. The molecule has 1 saturated carbocycles. The fraction of sp³-hybridized carbons (Fsp3) is 0.562. The second kappa shape index (κ2) is 5.15. The van der Waals surface area contributed by atoms with Gasteiger partial charge in [0.2, 0.25) is 5.91 Å². The summed E-state index contributed by atoms with van der Waals surface area (Å²) in [5.74, 6) is 0.276. The molecule has 2 atom stereocenters. The predicted molar refractivity (Wildman–Crippen MR) is 81.6 cm³/mol. The van der Waals surface area contributed by atoms with E-state index in [-0.39, 0.29) is 23.5 Å². The van der Waals surface area contributed by atoms with Gasteiger partial charge in [-0.05, 0) is 44.4 Å². The van der Waals surface area contributed by atoms with E-state index in [1.54, 1.807) is 0 Å². The lowest BCUT2D eigenvalue weighted by molar-refractivity contribution is -0.146. The lowest BCUT2D eigenvalue weighted by Crippen LogP contribution is -2.53. The fourth-order valence-electron chi connectivity index (χ4n) is 3.00. The van der Waals surface area contributed by atoms with Crippen LogP contribution in [0.1, 0.15) is 32.3 Å². The topological polar surface area (TPSA) is 29.5 Å². The minimum atomic E-state index is -0.283. The summed E-state index contributed by atoms with van der Waals surface area (Å²) in [6, 6.07) is 8.34. The van der Waals surface area contributed by atoms with Gasteiger partial charge in [-0.3, -0.25) is 4.79 Å². The summed E-state index contributed by atoms with van der Waals surface area (Å²) in [7, 11) is 0. The Labute approximate surface area is 128 Å². The van der Waals surface area contributed by atoms with Gasteiger partial charge in [-0.2, -0.15) is 0 Å². The van der Waals surface area contributed by atoms with Crippen molar-refractivity contribution in [2.45, 2.75) is 44.2 Å². The number of carbonyl (C=O) groups excluding carboxylic acids is 1. The Hall–Kier alpha value is -0.870. The molecule has 0 aromatic heterocycles. The van der Waals surface area contributed by atoms with Gasteiger partial charge < -0.3 is 9.64 Å². The van der Waals surface area contributed by atoms with Crippen molar-refractivity contribution in [2.75, 3.05) is 13.2 Å². The third kappa shape index (κ3) is 2.40. The SMILES string of the molecule is CC1CN(C(=O)C2(c3cccc(Br)c3)CC2)C(C)CO1. The van der Waals surface area contributed by atoms with Crippen LogP contribution in [0.4, 0.5) is 0 Å². The van der Waals surface area contributed by atoms with E-state index in [4.69, 9.17) is 4.74 Å². The van der Waals surface area contributed by atoms with E-state index in [9.17, 15) is 4.79 Å². The molecule has 20 heavy (non-hydrogen) atoms. The maximum absolute atomic E-state index is 13.0. The first-order valence-electron chi connectivity index (χ1n) is 7.22. The van der Waals surface area contributed by atoms with E-state index < -0.39 is 0 Å². The summed E-state index contributed by atoms with van der Waals surface area (Å²) in [4.78, 5) is 15.0. The van der Waals surface area contributed by atoms with Crippen LogP contribution in [0.15, 0.2) is 28.7 Å². The summed E-state index contributed by atoms with van der Waals surface area (Å²) in [5.41, 5.74) is 0.859. The van der Waals surface area contributed by atoms with Crippen LogP contribution < -0.4 is 0 Å². The van der Waals surface area contributed by atoms with Crippen LogP contribution >= 0.6 is 15.9 Å². The van der Waals surface area contributed by atoms with Crippen LogP contribution in [0.3, 0.4) is 0 Å². The standard InChI is InChI=1S/C16H20BrNO2/c1-11-10-20-12(2)9-18(11)15(19)16(6-7-16)13-4-3-5-14(17)8-13/h3-5,8,11-12H,6-7,9-10H2,1-2H3. The molecule has 4 heteroatoms. The molecular formula is C16H20BrNO2. The molecular weight excluding hydrogens is 318 g/mol. The number of nitrogens with zero attached hydrogens (tertiary/aromatic N) is 1. The zero-order valence-electron chi connectivity index (χ0n) is 11.9. The first-order valence-corrected chi connectivity index (χ1v) is 8.01. The number of halogens is 1. The first kappa shape index (κ1) is 14.1. The highest BCUT2D eigenvalue weighted by Crippen LogP contribution is 2.50. The smallest absolute Gasteiger partial charge is 0.233 e. The highest BCUT2D eigenvalue weighted by atomic mass is 79.9. The zero-order valence-corrected chi connectivity index (χ0v) is 13.5. The molecule has 3 nitrogen and oxygen atoms in total. The molecule has 2 unspecified atom stereocenters. The van der Waals surface area contributed by atoms with Crippen LogP contribution in [-0.4, -0.2) is 36.1 Å². The van der Waals surface area contributed by atoms with Gasteiger partial charge in [0.1, 0.15) is 0 Å². The van der Waals surface area contributed by atoms with Crippen LogP contribution in [0.5, 0.6) is 0 Å². The van der Waals surface area contributed by atoms with Gasteiger partial charge in [0.15, 0.2) is 0 Å². The van der Waals surface area contributed by atoms with E-state index in [0.29, 0.717) is 13.2 Å². The Morgan fingerprint density at radius 1 is 1.40 bits per heavy atom.